The van der Waals surface area contributed by atoms with Crippen LogP contribution in [0.2, 0.25) is 0 Å². The summed E-state index contributed by atoms with van der Waals surface area (Å²) in [6.07, 6.45) is 0. The number of benzene rings is 3. The third-order valence-corrected chi connectivity index (χ3v) is 5.12. The number of carbonyl (C=O) groups excluding carboxylic acids is 1. The van der Waals surface area contributed by atoms with Crippen molar-refractivity contribution < 1.29 is 19.4 Å². The first-order valence-electron chi connectivity index (χ1n) is 9.60. The number of fused-ring (bicyclic) bond motifs is 3. The molecule has 0 spiro atoms. The van der Waals surface area contributed by atoms with E-state index in [1.54, 1.807) is 18.2 Å². The Bertz CT molecular complexity index is 1280. The van der Waals surface area contributed by atoms with E-state index in [4.69, 9.17) is 15.6 Å². The smallest absolute Gasteiger partial charge is 0.341 e. The van der Waals surface area contributed by atoms with Gasteiger partial charge in [0.25, 0.3) is 0 Å². The zero-order valence-corrected chi connectivity index (χ0v) is 16.8. The largest absolute Gasteiger partial charge is 0.481 e. The monoisotopic (exact) mass is 402 g/mol. The highest BCUT2D eigenvalue weighted by Crippen LogP contribution is 2.38. The van der Waals surface area contributed by atoms with Crippen LogP contribution in [0, 0.1) is 13.8 Å². The van der Waals surface area contributed by atoms with Crippen molar-refractivity contribution in [3.8, 4) is 5.75 Å². The van der Waals surface area contributed by atoms with Gasteiger partial charge in [-0.2, -0.15) is 0 Å². The Kier molecular flexibility index (Phi) is 4.91. The number of carbonyl (C=O) groups is 2. The van der Waals surface area contributed by atoms with E-state index in [1.807, 2.05) is 18.2 Å². The van der Waals surface area contributed by atoms with Crippen LogP contribution in [-0.4, -0.2) is 28.2 Å². The van der Waals surface area contributed by atoms with Crippen molar-refractivity contribution in [2.45, 2.75) is 20.4 Å². The summed E-state index contributed by atoms with van der Waals surface area (Å²) in [5.74, 6) is -1.20. The summed E-state index contributed by atoms with van der Waals surface area (Å²) in [6, 6.07) is 17.3. The molecule has 0 aliphatic rings. The number of carboxylic acid groups (broad SMARTS) is 1. The number of rotatable bonds is 6. The highest BCUT2D eigenvalue weighted by molar-refractivity contribution is 6.19. The summed E-state index contributed by atoms with van der Waals surface area (Å²) in [5.41, 5.74) is 11.2. The van der Waals surface area contributed by atoms with Crippen LogP contribution in [0.3, 0.4) is 0 Å². The SMILES string of the molecule is Cc1cc(C)cc(Cn2c3cccc(OCC(=O)O)c3c3c(C(N)=O)cccc32)c1. The summed E-state index contributed by atoms with van der Waals surface area (Å²) in [5, 5.41) is 10.4. The molecule has 6 heteroatoms. The fourth-order valence-electron chi connectivity index (χ4n) is 4.13. The molecular weight excluding hydrogens is 380 g/mol. The summed E-state index contributed by atoms with van der Waals surface area (Å²) in [7, 11) is 0. The highest BCUT2D eigenvalue weighted by Gasteiger charge is 2.20. The standard InChI is InChI=1S/C24H22N2O4/c1-14-9-15(2)11-16(10-14)12-26-18-6-3-5-17(24(25)29)22(18)23-19(26)7-4-8-20(23)30-13-21(27)28/h3-11H,12-13H2,1-2H3,(H2,25,29)(H,27,28). The number of carboxylic acids is 1. The lowest BCUT2D eigenvalue weighted by atomic mass is 10.1. The Morgan fingerprint density at radius 1 is 0.967 bits per heavy atom. The number of hydrogen-bond donors (Lipinski definition) is 2. The van der Waals surface area contributed by atoms with Crippen LogP contribution in [0.25, 0.3) is 21.8 Å². The van der Waals surface area contributed by atoms with Gasteiger partial charge in [0, 0.05) is 17.5 Å². The number of aromatic nitrogens is 1. The van der Waals surface area contributed by atoms with Crippen molar-refractivity contribution in [1.82, 2.24) is 4.57 Å². The van der Waals surface area contributed by atoms with Crippen molar-refractivity contribution in [3.05, 3.63) is 76.9 Å². The maximum absolute atomic E-state index is 12.2. The molecule has 6 nitrogen and oxygen atoms in total. The van der Waals surface area contributed by atoms with E-state index in [0.717, 1.165) is 16.6 Å². The predicted octanol–water partition coefficient (Wildman–Crippen LogP) is 4.02. The van der Waals surface area contributed by atoms with Gasteiger partial charge in [-0.3, -0.25) is 4.79 Å². The van der Waals surface area contributed by atoms with E-state index in [-0.39, 0.29) is 0 Å². The third-order valence-electron chi connectivity index (χ3n) is 5.12. The second-order valence-corrected chi connectivity index (χ2v) is 7.48. The average Bonchev–Trinajstić information content (AvgIpc) is 3.00. The molecule has 0 aliphatic heterocycles. The van der Waals surface area contributed by atoms with E-state index in [1.165, 1.54) is 11.1 Å². The lowest BCUT2D eigenvalue weighted by molar-refractivity contribution is -0.139. The number of amides is 1. The van der Waals surface area contributed by atoms with Gasteiger partial charge in [0.1, 0.15) is 5.75 Å². The zero-order valence-electron chi connectivity index (χ0n) is 16.8. The lowest BCUT2D eigenvalue weighted by Crippen LogP contribution is -2.11. The molecule has 0 unspecified atom stereocenters. The van der Waals surface area contributed by atoms with Gasteiger partial charge in [-0.15, -0.1) is 0 Å². The number of hydrogen-bond acceptors (Lipinski definition) is 3. The van der Waals surface area contributed by atoms with Crippen LogP contribution >= 0.6 is 0 Å². The molecule has 0 bridgehead atoms. The molecule has 1 heterocycles. The first kappa shape index (κ1) is 19.5. The molecule has 1 aromatic heterocycles. The second-order valence-electron chi connectivity index (χ2n) is 7.48. The molecule has 1 amide bonds. The van der Waals surface area contributed by atoms with E-state index in [9.17, 15) is 9.59 Å². The van der Waals surface area contributed by atoms with Gasteiger partial charge in [0.05, 0.1) is 16.4 Å². The highest BCUT2D eigenvalue weighted by atomic mass is 16.5. The quantitative estimate of drug-likeness (QED) is 0.509. The minimum absolute atomic E-state index is 0.378. The number of nitrogens with two attached hydrogens (primary N) is 1. The Hall–Kier alpha value is -3.80. The number of primary amides is 1. The van der Waals surface area contributed by atoms with Gasteiger partial charge in [-0.05, 0) is 43.7 Å². The minimum atomic E-state index is -1.07. The van der Waals surface area contributed by atoms with Crippen molar-refractivity contribution in [2.24, 2.45) is 5.73 Å². The summed E-state index contributed by atoms with van der Waals surface area (Å²) >= 11 is 0. The van der Waals surface area contributed by atoms with E-state index >= 15 is 0 Å². The minimum Gasteiger partial charge on any atom is -0.481 e. The van der Waals surface area contributed by atoms with Crippen molar-refractivity contribution in [3.63, 3.8) is 0 Å². The molecule has 3 aromatic carbocycles. The number of aryl methyl sites for hydroxylation is 2. The topological polar surface area (TPSA) is 94.6 Å². The molecule has 0 aliphatic carbocycles. The summed E-state index contributed by atoms with van der Waals surface area (Å²) < 4.78 is 7.67. The van der Waals surface area contributed by atoms with Crippen LogP contribution in [0.1, 0.15) is 27.0 Å². The first-order valence-corrected chi connectivity index (χ1v) is 9.60. The molecule has 30 heavy (non-hydrogen) atoms. The molecule has 0 radical (unpaired) electrons. The third kappa shape index (κ3) is 3.48. The maximum Gasteiger partial charge on any atom is 0.341 e. The van der Waals surface area contributed by atoms with Gasteiger partial charge in [-0.1, -0.05) is 41.5 Å². The Labute approximate surface area is 173 Å². The Morgan fingerprint density at radius 2 is 1.60 bits per heavy atom. The van der Waals surface area contributed by atoms with Crippen LogP contribution in [-0.2, 0) is 11.3 Å². The molecule has 4 rings (SSSR count). The molecule has 0 saturated heterocycles. The zero-order chi connectivity index (χ0) is 21.4. The molecular formula is C24H22N2O4. The summed E-state index contributed by atoms with van der Waals surface area (Å²) in [6.45, 7) is 4.24. The van der Waals surface area contributed by atoms with E-state index in [0.29, 0.717) is 28.6 Å². The Balaban J connectivity index is 2.01. The number of ether oxygens (including phenoxy) is 1. The van der Waals surface area contributed by atoms with Crippen LogP contribution in [0.5, 0.6) is 5.75 Å². The van der Waals surface area contributed by atoms with E-state index < -0.39 is 18.5 Å². The van der Waals surface area contributed by atoms with Gasteiger partial charge in [-0.25, -0.2) is 4.79 Å². The van der Waals surface area contributed by atoms with Crippen molar-refractivity contribution in [2.75, 3.05) is 6.61 Å². The summed E-state index contributed by atoms with van der Waals surface area (Å²) in [4.78, 5) is 23.2. The fourth-order valence-corrected chi connectivity index (χ4v) is 4.13. The van der Waals surface area contributed by atoms with Crippen molar-refractivity contribution >= 4 is 33.7 Å². The molecule has 0 saturated carbocycles. The van der Waals surface area contributed by atoms with Gasteiger partial charge in [0.2, 0.25) is 5.91 Å². The molecule has 3 N–H and O–H groups in total. The second kappa shape index (κ2) is 7.55. The molecule has 0 fully saturated rings. The molecule has 0 atom stereocenters. The van der Waals surface area contributed by atoms with Crippen LogP contribution in [0.4, 0.5) is 0 Å². The van der Waals surface area contributed by atoms with Gasteiger partial charge >= 0.3 is 5.97 Å². The Morgan fingerprint density at radius 3 is 2.23 bits per heavy atom. The maximum atomic E-state index is 12.2. The predicted molar refractivity (Wildman–Crippen MR) is 116 cm³/mol. The molecule has 4 aromatic rings. The van der Waals surface area contributed by atoms with Crippen LogP contribution < -0.4 is 10.5 Å². The fraction of sp³-hybridized carbons (Fsp3) is 0.167. The van der Waals surface area contributed by atoms with Crippen LogP contribution in [0.15, 0.2) is 54.6 Å². The lowest BCUT2D eigenvalue weighted by Gasteiger charge is -2.10. The normalized spacial score (nSPS) is 11.1. The van der Waals surface area contributed by atoms with E-state index in [2.05, 4.69) is 36.6 Å². The first-order chi connectivity index (χ1) is 14.3. The molecule has 152 valence electrons. The van der Waals surface area contributed by atoms with Crippen molar-refractivity contribution in [1.29, 1.82) is 0 Å². The average molecular weight is 402 g/mol. The van der Waals surface area contributed by atoms with Gasteiger partial charge < -0.3 is 20.1 Å². The number of aliphatic carboxylic acids is 1. The van der Waals surface area contributed by atoms with Gasteiger partial charge in [0.15, 0.2) is 6.61 Å². The number of nitrogens with zero attached hydrogens (tertiary/aromatic N) is 1.